The molecule has 20 heavy (non-hydrogen) atoms. The number of aliphatic carboxylic acids is 1. The molecule has 0 aromatic carbocycles. The van der Waals surface area contributed by atoms with E-state index in [1.807, 2.05) is 16.8 Å². The zero-order valence-electron chi connectivity index (χ0n) is 11.8. The lowest BCUT2D eigenvalue weighted by Gasteiger charge is -2.24. The number of amides is 1. The highest BCUT2D eigenvalue weighted by Crippen LogP contribution is 2.34. The molecule has 1 fully saturated rings. The van der Waals surface area contributed by atoms with E-state index in [2.05, 4.69) is 0 Å². The summed E-state index contributed by atoms with van der Waals surface area (Å²) in [5, 5.41) is 15.1. The van der Waals surface area contributed by atoms with Crippen molar-refractivity contribution in [2.75, 3.05) is 13.1 Å². The molecule has 1 saturated heterocycles. The standard InChI is InChI=1S/C14H19NO4S/c1-14(2,3)19-13(18)15-6-10(9-4-5-20-8-9)11(7-15)12(16)17/h4-5,8,10-11H,6-7H2,1-3H3,(H,16,17)/p-1/t10-,11+/m0/s1. The number of likely N-dealkylation sites (tertiary alicyclic amines) is 1. The number of carboxylic acids is 1. The van der Waals surface area contributed by atoms with Gasteiger partial charge in [0.1, 0.15) is 5.60 Å². The smallest absolute Gasteiger partial charge is 0.410 e. The van der Waals surface area contributed by atoms with Crippen LogP contribution in [0.25, 0.3) is 0 Å². The van der Waals surface area contributed by atoms with Crippen LogP contribution in [-0.4, -0.2) is 35.7 Å². The van der Waals surface area contributed by atoms with Gasteiger partial charge in [-0.3, -0.25) is 0 Å². The number of carbonyl (C=O) groups excluding carboxylic acids is 2. The van der Waals surface area contributed by atoms with Crippen LogP contribution < -0.4 is 5.11 Å². The summed E-state index contributed by atoms with van der Waals surface area (Å²) in [6.45, 7) is 5.84. The van der Waals surface area contributed by atoms with E-state index in [1.54, 1.807) is 20.8 Å². The van der Waals surface area contributed by atoms with Crippen LogP contribution in [0.4, 0.5) is 4.79 Å². The predicted octanol–water partition coefficient (Wildman–Crippen LogP) is 1.45. The molecule has 0 saturated carbocycles. The molecule has 110 valence electrons. The van der Waals surface area contributed by atoms with Crippen molar-refractivity contribution < 1.29 is 19.4 Å². The molecule has 1 aliphatic heterocycles. The Morgan fingerprint density at radius 1 is 1.40 bits per heavy atom. The molecule has 0 unspecified atom stereocenters. The van der Waals surface area contributed by atoms with Crippen molar-refractivity contribution in [2.24, 2.45) is 5.92 Å². The van der Waals surface area contributed by atoms with Gasteiger partial charge < -0.3 is 19.5 Å². The molecule has 0 N–H and O–H groups in total. The van der Waals surface area contributed by atoms with Gasteiger partial charge in [0.15, 0.2) is 0 Å². The number of hydrogen-bond donors (Lipinski definition) is 0. The molecule has 2 atom stereocenters. The summed E-state index contributed by atoms with van der Waals surface area (Å²) in [6.07, 6.45) is -0.471. The quantitative estimate of drug-likeness (QED) is 0.828. The SMILES string of the molecule is CC(C)(C)OC(=O)N1C[C@@H](C(=O)[O-])[C@H](c2ccsc2)C1. The van der Waals surface area contributed by atoms with Crippen LogP contribution in [0.3, 0.4) is 0 Å². The molecule has 1 aromatic rings. The van der Waals surface area contributed by atoms with E-state index in [9.17, 15) is 14.7 Å². The van der Waals surface area contributed by atoms with Gasteiger partial charge in [-0.25, -0.2) is 4.79 Å². The third-order valence-electron chi connectivity index (χ3n) is 3.25. The average Bonchev–Trinajstić information content (AvgIpc) is 2.95. The van der Waals surface area contributed by atoms with Crippen LogP contribution in [0.2, 0.25) is 0 Å². The number of rotatable bonds is 2. The zero-order chi connectivity index (χ0) is 14.9. The highest BCUT2D eigenvalue weighted by Gasteiger charge is 2.38. The predicted molar refractivity (Wildman–Crippen MR) is 73.4 cm³/mol. The first kappa shape index (κ1) is 14.8. The highest BCUT2D eigenvalue weighted by molar-refractivity contribution is 7.08. The molecule has 0 bridgehead atoms. The van der Waals surface area contributed by atoms with E-state index in [0.717, 1.165) is 5.56 Å². The van der Waals surface area contributed by atoms with Crippen LogP contribution in [0.1, 0.15) is 32.3 Å². The Hall–Kier alpha value is -1.56. The lowest BCUT2D eigenvalue weighted by Crippen LogP contribution is -2.38. The van der Waals surface area contributed by atoms with Gasteiger partial charge in [0, 0.05) is 30.9 Å². The van der Waals surface area contributed by atoms with Crippen molar-refractivity contribution in [3.8, 4) is 0 Å². The summed E-state index contributed by atoms with van der Waals surface area (Å²) < 4.78 is 5.29. The van der Waals surface area contributed by atoms with Gasteiger partial charge in [0.25, 0.3) is 0 Å². The van der Waals surface area contributed by atoms with E-state index >= 15 is 0 Å². The largest absolute Gasteiger partial charge is 0.550 e. The summed E-state index contributed by atoms with van der Waals surface area (Å²) in [7, 11) is 0. The zero-order valence-corrected chi connectivity index (χ0v) is 12.6. The first-order valence-electron chi connectivity index (χ1n) is 6.49. The normalized spacial score (nSPS) is 22.9. The summed E-state index contributed by atoms with van der Waals surface area (Å²) in [5.74, 6) is -2.02. The van der Waals surface area contributed by atoms with Crippen LogP contribution in [-0.2, 0) is 9.53 Å². The van der Waals surface area contributed by atoms with Gasteiger partial charge in [-0.05, 0) is 43.2 Å². The molecule has 1 aromatic heterocycles. The molecule has 6 heteroatoms. The molecule has 0 aliphatic carbocycles. The van der Waals surface area contributed by atoms with E-state index in [0.29, 0.717) is 6.54 Å². The Bertz CT molecular complexity index is 492. The molecular formula is C14H18NO4S-. The molecule has 2 heterocycles. The minimum atomic E-state index is -1.12. The molecule has 1 amide bonds. The number of carboxylic acid groups (broad SMARTS) is 1. The van der Waals surface area contributed by atoms with Gasteiger partial charge in [0.05, 0.1) is 0 Å². The van der Waals surface area contributed by atoms with Crippen LogP contribution in [0.5, 0.6) is 0 Å². The molecule has 2 rings (SSSR count). The van der Waals surface area contributed by atoms with E-state index in [-0.39, 0.29) is 12.5 Å². The van der Waals surface area contributed by atoms with Crippen molar-refractivity contribution in [3.05, 3.63) is 22.4 Å². The maximum absolute atomic E-state index is 12.0. The lowest BCUT2D eigenvalue weighted by molar-refractivity contribution is -0.311. The van der Waals surface area contributed by atoms with Crippen molar-refractivity contribution >= 4 is 23.4 Å². The van der Waals surface area contributed by atoms with Crippen LogP contribution >= 0.6 is 11.3 Å². The molecule has 0 radical (unpaired) electrons. The maximum atomic E-state index is 12.0. The Balaban J connectivity index is 2.12. The third kappa shape index (κ3) is 3.30. The van der Waals surface area contributed by atoms with Gasteiger partial charge in [-0.1, -0.05) is 0 Å². The summed E-state index contributed by atoms with van der Waals surface area (Å²) in [5.41, 5.74) is 0.351. The second-order valence-corrected chi connectivity index (χ2v) is 6.75. The number of hydrogen-bond acceptors (Lipinski definition) is 5. The Kier molecular flexibility index (Phi) is 4.04. The number of nitrogens with zero attached hydrogens (tertiary/aromatic N) is 1. The highest BCUT2D eigenvalue weighted by atomic mass is 32.1. The summed E-state index contributed by atoms with van der Waals surface area (Å²) in [6, 6.07) is 1.89. The molecule has 0 spiro atoms. The van der Waals surface area contributed by atoms with Gasteiger partial charge in [-0.2, -0.15) is 11.3 Å². The summed E-state index contributed by atoms with van der Waals surface area (Å²) in [4.78, 5) is 24.8. The fourth-order valence-corrected chi connectivity index (χ4v) is 3.07. The maximum Gasteiger partial charge on any atom is 0.410 e. The number of carbonyl (C=O) groups is 2. The summed E-state index contributed by atoms with van der Waals surface area (Å²) >= 11 is 1.51. The van der Waals surface area contributed by atoms with Crippen molar-refractivity contribution in [2.45, 2.75) is 32.3 Å². The second-order valence-electron chi connectivity index (χ2n) is 5.97. The van der Waals surface area contributed by atoms with E-state index in [1.165, 1.54) is 16.2 Å². The Labute approximate surface area is 122 Å². The second kappa shape index (κ2) is 5.44. The van der Waals surface area contributed by atoms with E-state index in [4.69, 9.17) is 4.74 Å². The Morgan fingerprint density at radius 2 is 2.10 bits per heavy atom. The lowest BCUT2D eigenvalue weighted by atomic mass is 9.91. The van der Waals surface area contributed by atoms with Crippen molar-refractivity contribution in [3.63, 3.8) is 0 Å². The Morgan fingerprint density at radius 3 is 2.60 bits per heavy atom. The third-order valence-corrected chi connectivity index (χ3v) is 3.95. The fourth-order valence-electron chi connectivity index (χ4n) is 2.34. The number of thiophene rings is 1. The number of ether oxygens (including phenoxy) is 1. The minimum Gasteiger partial charge on any atom is -0.550 e. The van der Waals surface area contributed by atoms with Gasteiger partial charge in [-0.15, -0.1) is 0 Å². The molecule has 1 aliphatic rings. The average molecular weight is 296 g/mol. The van der Waals surface area contributed by atoms with Gasteiger partial charge >= 0.3 is 6.09 Å². The molecular weight excluding hydrogens is 278 g/mol. The monoisotopic (exact) mass is 296 g/mol. The minimum absolute atomic E-state index is 0.137. The van der Waals surface area contributed by atoms with Crippen molar-refractivity contribution in [1.29, 1.82) is 0 Å². The molecule has 5 nitrogen and oxygen atoms in total. The first-order valence-corrected chi connectivity index (χ1v) is 7.43. The van der Waals surface area contributed by atoms with Crippen LogP contribution in [0, 0.1) is 5.92 Å². The van der Waals surface area contributed by atoms with Crippen molar-refractivity contribution in [1.82, 2.24) is 4.90 Å². The van der Waals surface area contributed by atoms with Gasteiger partial charge in [0.2, 0.25) is 0 Å². The van der Waals surface area contributed by atoms with Crippen LogP contribution in [0.15, 0.2) is 16.8 Å². The fraction of sp³-hybridized carbons (Fsp3) is 0.571. The van der Waals surface area contributed by atoms with E-state index < -0.39 is 23.6 Å². The first-order chi connectivity index (χ1) is 9.28. The topological polar surface area (TPSA) is 69.7 Å².